The quantitative estimate of drug-likeness (QED) is 0.515. The maximum absolute atomic E-state index is 12.3. The van der Waals surface area contributed by atoms with Crippen LogP contribution in [-0.4, -0.2) is 19.6 Å². The standard InChI is InChI=1S/C19H16N4O2S/c1-12-6-3-4-8-15(12)18-21-22-19(25-18)26-11-14-10-16(24)23-9-5-7-13(2)17(23)20-14/h3-10H,11H2,1-2H3. The molecule has 0 bridgehead atoms. The third kappa shape index (κ3) is 3.13. The molecule has 0 unspecified atom stereocenters. The minimum Gasteiger partial charge on any atom is -0.411 e. The van der Waals surface area contributed by atoms with Crippen molar-refractivity contribution in [3.05, 3.63) is 75.8 Å². The first-order valence-corrected chi connectivity index (χ1v) is 9.10. The molecule has 3 heterocycles. The second-order valence-electron chi connectivity index (χ2n) is 5.95. The van der Waals surface area contributed by atoms with Crippen molar-refractivity contribution >= 4 is 17.4 Å². The Morgan fingerprint density at radius 3 is 2.73 bits per heavy atom. The van der Waals surface area contributed by atoms with E-state index < -0.39 is 0 Å². The Balaban J connectivity index is 1.57. The van der Waals surface area contributed by atoms with E-state index in [1.807, 2.05) is 50.2 Å². The van der Waals surface area contributed by atoms with Gasteiger partial charge in [-0.15, -0.1) is 10.2 Å². The van der Waals surface area contributed by atoms with Crippen molar-refractivity contribution in [3.63, 3.8) is 0 Å². The van der Waals surface area contributed by atoms with Gasteiger partial charge in [0.25, 0.3) is 10.8 Å². The van der Waals surface area contributed by atoms with Gasteiger partial charge in [0, 0.05) is 23.6 Å². The fourth-order valence-electron chi connectivity index (χ4n) is 2.71. The molecule has 0 saturated carbocycles. The summed E-state index contributed by atoms with van der Waals surface area (Å²) in [5.41, 5.74) is 4.21. The molecule has 6 nitrogen and oxygen atoms in total. The molecule has 0 radical (unpaired) electrons. The summed E-state index contributed by atoms with van der Waals surface area (Å²) in [5.74, 6) is 0.975. The molecule has 4 rings (SSSR count). The maximum atomic E-state index is 12.3. The zero-order valence-corrected chi connectivity index (χ0v) is 15.2. The van der Waals surface area contributed by atoms with Crippen LogP contribution in [0.1, 0.15) is 16.8 Å². The number of hydrogen-bond acceptors (Lipinski definition) is 6. The summed E-state index contributed by atoms with van der Waals surface area (Å²) < 4.78 is 7.29. The zero-order valence-electron chi connectivity index (χ0n) is 14.3. The van der Waals surface area contributed by atoms with Crippen molar-refractivity contribution in [2.24, 2.45) is 0 Å². The van der Waals surface area contributed by atoms with Crippen molar-refractivity contribution < 1.29 is 4.42 Å². The van der Waals surface area contributed by atoms with Crippen LogP contribution in [0.3, 0.4) is 0 Å². The van der Waals surface area contributed by atoms with Crippen LogP contribution in [0, 0.1) is 13.8 Å². The Labute approximate surface area is 153 Å². The number of aromatic nitrogens is 4. The molecule has 0 N–H and O–H groups in total. The van der Waals surface area contributed by atoms with Gasteiger partial charge in [-0.05, 0) is 37.1 Å². The van der Waals surface area contributed by atoms with Crippen molar-refractivity contribution in [2.45, 2.75) is 24.8 Å². The number of aryl methyl sites for hydroxylation is 2. The highest BCUT2D eigenvalue weighted by molar-refractivity contribution is 7.98. The van der Waals surface area contributed by atoms with E-state index in [2.05, 4.69) is 15.2 Å². The maximum Gasteiger partial charge on any atom is 0.277 e. The van der Waals surface area contributed by atoms with Crippen molar-refractivity contribution in [1.29, 1.82) is 0 Å². The topological polar surface area (TPSA) is 73.3 Å². The number of benzene rings is 1. The van der Waals surface area contributed by atoms with Gasteiger partial charge >= 0.3 is 0 Å². The monoisotopic (exact) mass is 364 g/mol. The third-order valence-electron chi connectivity index (χ3n) is 4.06. The highest BCUT2D eigenvalue weighted by Gasteiger charge is 2.12. The molecule has 0 saturated heterocycles. The van der Waals surface area contributed by atoms with E-state index in [1.54, 1.807) is 10.6 Å². The van der Waals surface area contributed by atoms with Crippen LogP contribution < -0.4 is 5.56 Å². The van der Waals surface area contributed by atoms with Gasteiger partial charge in [-0.1, -0.05) is 36.0 Å². The molecule has 0 spiro atoms. The Kier molecular flexibility index (Phi) is 4.30. The molecule has 0 aliphatic rings. The minimum atomic E-state index is -0.0968. The Bertz CT molecular complexity index is 1150. The summed E-state index contributed by atoms with van der Waals surface area (Å²) in [6, 6.07) is 13.2. The van der Waals surface area contributed by atoms with Gasteiger partial charge in [0.1, 0.15) is 5.65 Å². The van der Waals surface area contributed by atoms with E-state index in [9.17, 15) is 4.79 Å². The molecule has 130 valence electrons. The van der Waals surface area contributed by atoms with E-state index in [4.69, 9.17) is 4.42 Å². The highest BCUT2D eigenvalue weighted by Crippen LogP contribution is 2.26. The summed E-state index contributed by atoms with van der Waals surface area (Å²) in [7, 11) is 0. The number of rotatable bonds is 4. The van der Waals surface area contributed by atoms with E-state index in [0.717, 1.165) is 16.7 Å². The Hall–Kier alpha value is -2.93. The fourth-order valence-corrected chi connectivity index (χ4v) is 3.36. The lowest BCUT2D eigenvalue weighted by Gasteiger charge is -2.05. The molecule has 4 aromatic rings. The second-order valence-corrected chi connectivity index (χ2v) is 6.87. The van der Waals surface area contributed by atoms with Crippen molar-refractivity contribution in [3.8, 4) is 11.5 Å². The SMILES string of the molecule is Cc1ccccc1-c1nnc(SCc2cc(=O)n3cccc(C)c3n2)o1. The molecule has 0 aliphatic heterocycles. The van der Waals surface area contributed by atoms with Crippen LogP contribution in [0.25, 0.3) is 17.1 Å². The van der Waals surface area contributed by atoms with Crippen LogP contribution in [0.4, 0.5) is 0 Å². The van der Waals surface area contributed by atoms with E-state index in [0.29, 0.717) is 28.2 Å². The van der Waals surface area contributed by atoms with Gasteiger partial charge in [-0.25, -0.2) is 4.98 Å². The predicted molar refractivity (Wildman–Crippen MR) is 100 cm³/mol. The lowest BCUT2D eigenvalue weighted by atomic mass is 10.1. The van der Waals surface area contributed by atoms with Crippen LogP contribution in [0.15, 0.2) is 63.1 Å². The van der Waals surface area contributed by atoms with E-state index in [-0.39, 0.29) is 5.56 Å². The average Bonchev–Trinajstić information content (AvgIpc) is 3.10. The van der Waals surface area contributed by atoms with Crippen LogP contribution in [-0.2, 0) is 5.75 Å². The Morgan fingerprint density at radius 2 is 1.88 bits per heavy atom. The zero-order chi connectivity index (χ0) is 18.1. The Morgan fingerprint density at radius 1 is 1.08 bits per heavy atom. The lowest BCUT2D eigenvalue weighted by molar-refractivity contribution is 0.465. The largest absolute Gasteiger partial charge is 0.411 e. The van der Waals surface area contributed by atoms with Gasteiger partial charge < -0.3 is 4.42 Å². The molecule has 26 heavy (non-hydrogen) atoms. The van der Waals surface area contributed by atoms with E-state index >= 15 is 0 Å². The van der Waals surface area contributed by atoms with Crippen LogP contribution in [0.5, 0.6) is 0 Å². The highest BCUT2D eigenvalue weighted by atomic mass is 32.2. The predicted octanol–water partition coefficient (Wildman–Crippen LogP) is 3.65. The fraction of sp³-hybridized carbons (Fsp3) is 0.158. The smallest absolute Gasteiger partial charge is 0.277 e. The number of pyridine rings is 1. The molecule has 0 atom stereocenters. The van der Waals surface area contributed by atoms with E-state index in [1.165, 1.54) is 17.8 Å². The van der Waals surface area contributed by atoms with Crippen molar-refractivity contribution in [1.82, 2.24) is 19.6 Å². The molecular weight excluding hydrogens is 348 g/mol. The number of thioether (sulfide) groups is 1. The minimum absolute atomic E-state index is 0.0968. The third-order valence-corrected chi connectivity index (χ3v) is 4.92. The molecule has 0 amide bonds. The molecule has 0 aliphatic carbocycles. The summed E-state index contributed by atoms with van der Waals surface area (Å²) in [5, 5.41) is 8.66. The first-order chi connectivity index (χ1) is 12.6. The average molecular weight is 364 g/mol. The van der Waals surface area contributed by atoms with Crippen molar-refractivity contribution in [2.75, 3.05) is 0 Å². The number of fused-ring (bicyclic) bond motifs is 1. The van der Waals surface area contributed by atoms with Gasteiger partial charge in [0.05, 0.1) is 5.69 Å². The molecule has 3 aromatic heterocycles. The molecule has 1 aromatic carbocycles. The molecule has 7 heteroatoms. The summed E-state index contributed by atoms with van der Waals surface area (Å²) in [4.78, 5) is 16.8. The molecule has 0 fully saturated rings. The number of nitrogens with zero attached hydrogens (tertiary/aromatic N) is 4. The van der Waals surface area contributed by atoms with Gasteiger partial charge in [0.2, 0.25) is 5.89 Å². The normalized spacial score (nSPS) is 11.2. The first kappa shape index (κ1) is 16.5. The molecular formula is C19H16N4O2S. The lowest BCUT2D eigenvalue weighted by Crippen LogP contribution is -2.15. The summed E-state index contributed by atoms with van der Waals surface area (Å²) in [6.45, 7) is 3.94. The first-order valence-electron chi connectivity index (χ1n) is 8.12. The van der Waals surface area contributed by atoms with Crippen LogP contribution in [0.2, 0.25) is 0 Å². The van der Waals surface area contributed by atoms with Crippen LogP contribution >= 0.6 is 11.8 Å². The van der Waals surface area contributed by atoms with Gasteiger partial charge in [-0.2, -0.15) is 0 Å². The second kappa shape index (κ2) is 6.76. The van der Waals surface area contributed by atoms with Gasteiger partial charge in [0.15, 0.2) is 0 Å². The van der Waals surface area contributed by atoms with Gasteiger partial charge in [-0.3, -0.25) is 9.20 Å². The summed E-state index contributed by atoms with van der Waals surface area (Å²) >= 11 is 1.37. The summed E-state index contributed by atoms with van der Waals surface area (Å²) in [6.07, 6.45) is 1.72. The number of hydrogen-bond donors (Lipinski definition) is 0.